The molecule has 1 saturated heterocycles. The van der Waals surface area contributed by atoms with Crippen LogP contribution in [0.1, 0.15) is 6.42 Å². The van der Waals surface area contributed by atoms with E-state index in [-0.39, 0.29) is 0 Å². The van der Waals surface area contributed by atoms with Crippen LogP contribution in [0.2, 0.25) is 0 Å². The van der Waals surface area contributed by atoms with Crippen LogP contribution in [0.25, 0.3) is 11.1 Å². The molecule has 0 aliphatic carbocycles. The predicted molar refractivity (Wildman–Crippen MR) is 94.9 cm³/mol. The fraction of sp³-hybridized carbons (Fsp3) is 0.278. The summed E-state index contributed by atoms with van der Waals surface area (Å²) >= 11 is 1.39. The molecule has 1 heterocycles. The molecule has 0 amide bonds. The molecule has 0 bridgehead atoms. The zero-order valence-electron chi connectivity index (χ0n) is 12.4. The van der Waals surface area contributed by atoms with Crippen LogP contribution in [0.15, 0.2) is 54.6 Å². The highest BCUT2D eigenvalue weighted by Gasteiger charge is 2.23. The van der Waals surface area contributed by atoms with Crippen molar-refractivity contribution in [3.63, 3.8) is 0 Å². The summed E-state index contributed by atoms with van der Waals surface area (Å²) in [5.41, 5.74) is 4.53. The molecule has 2 aromatic rings. The first-order valence-corrected chi connectivity index (χ1v) is 8.51. The molecule has 2 N–H and O–H groups in total. The van der Waals surface area contributed by atoms with Crippen molar-refractivity contribution in [2.45, 2.75) is 17.7 Å². The minimum Gasteiger partial charge on any atom is -0.383 e. The summed E-state index contributed by atoms with van der Waals surface area (Å²) < 4.78 is 0. The fourth-order valence-corrected chi connectivity index (χ4v) is 3.49. The van der Waals surface area contributed by atoms with Gasteiger partial charge in [0.2, 0.25) is 0 Å². The first kappa shape index (κ1) is 15.1. The van der Waals surface area contributed by atoms with Gasteiger partial charge in [0.05, 0.1) is 0 Å². The maximum atomic E-state index is 10.5. The number of hydrogen-bond acceptors (Lipinski definition) is 4. The van der Waals surface area contributed by atoms with Gasteiger partial charge in [-0.05, 0) is 29.7 Å². The van der Waals surface area contributed by atoms with Gasteiger partial charge in [-0.2, -0.15) is 0 Å². The largest absolute Gasteiger partial charge is 0.383 e. The van der Waals surface area contributed by atoms with Gasteiger partial charge in [0, 0.05) is 30.1 Å². The van der Waals surface area contributed by atoms with E-state index in [1.165, 1.54) is 22.9 Å². The Morgan fingerprint density at radius 2 is 1.95 bits per heavy atom. The third-order valence-electron chi connectivity index (χ3n) is 3.95. The normalized spacial score (nSPS) is 20.7. The molecule has 0 saturated carbocycles. The number of carbonyl (C=O) groups is 1. The smallest absolute Gasteiger partial charge is 0.176 e. The molecule has 1 aliphatic rings. The van der Waals surface area contributed by atoms with Gasteiger partial charge in [-0.3, -0.25) is 4.79 Å². The van der Waals surface area contributed by atoms with Crippen molar-refractivity contribution in [1.29, 1.82) is 0 Å². The molecule has 3 nitrogen and oxygen atoms in total. The first-order valence-electron chi connectivity index (χ1n) is 7.57. The third kappa shape index (κ3) is 3.90. The second kappa shape index (κ2) is 7.47. The van der Waals surface area contributed by atoms with Crippen molar-refractivity contribution < 1.29 is 4.79 Å². The van der Waals surface area contributed by atoms with E-state index in [0.717, 1.165) is 30.8 Å². The monoisotopic (exact) mass is 312 g/mol. The van der Waals surface area contributed by atoms with Gasteiger partial charge in [0.1, 0.15) is 0 Å². The van der Waals surface area contributed by atoms with Crippen LogP contribution < -0.4 is 10.6 Å². The summed E-state index contributed by atoms with van der Waals surface area (Å²) in [6.45, 7) is 1.80. The van der Waals surface area contributed by atoms with Crippen LogP contribution in [0.3, 0.4) is 0 Å². The zero-order valence-corrected chi connectivity index (χ0v) is 13.2. The Bertz CT molecular complexity index is 617. The lowest BCUT2D eigenvalue weighted by Gasteiger charge is -2.13. The van der Waals surface area contributed by atoms with E-state index in [2.05, 4.69) is 59.2 Å². The average Bonchev–Trinajstić information content (AvgIpc) is 3.02. The number of hydrogen-bond donors (Lipinski definition) is 2. The molecule has 1 aliphatic heterocycles. The van der Waals surface area contributed by atoms with Gasteiger partial charge in [-0.25, -0.2) is 0 Å². The molecular formula is C18H20N2OS. The number of anilines is 1. The second-order valence-electron chi connectivity index (χ2n) is 5.52. The van der Waals surface area contributed by atoms with Gasteiger partial charge in [-0.1, -0.05) is 54.2 Å². The molecule has 2 atom stereocenters. The molecule has 3 rings (SSSR count). The molecule has 4 heteroatoms. The summed E-state index contributed by atoms with van der Waals surface area (Å²) in [6.07, 6.45) is 1.04. The fourth-order valence-electron chi connectivity index (χ4n) is 2.80. The number of carbonyl (C=O) groups excluding carboxylic acids is 1. The van der Waals surface area contributed by atoms with Crippen molar-refractivity contribution in [3.8, 4) is 11.1 Å². The van der Waals surface area contributed by atoms with E-state index in [1.807, 2.05) is 6.07 Å². The standard InChI is InChI=1S/C18H20N2OS/c21-13-22-18-10-17(20-12-18)11-19-16-8-4-7-15(9-16)14-5-2-1-3-6-14/h1-9,13,17-20H,10-12H2/t17-,18?/m0/s1. The maximum Gasteiger partial charge on any atom is 0.176 e. The minimum absolute atomic E-state index is 0.417. The highest BCUT2D eigenvalue weighted by molar-refractivity contribution is 8.12. The summed E-state index contributed by atoms with van der Waals surface area (Å²) in [7, 11) is 0. The van der Waals surface area contributed by atoms with E-state index in [4.69, 9.17) is 0 Å². The Balaban J connectivity index is 1.59. The Kier molecular flexibility index (Phi) is 5.14. The molecule has 22 heavy (non-hydrogen) atoms. The molecule has 0 aromatic heterocycles. The molecule has 1 unspecified atom stereocenters. The van der Waals surface area contributed by atoms with Crippen LogP contribution >= 0.6 is 11.8 Å². The van der Waals surface area contributed by atoms with Crippen molar-refractivity contribution in [1.82, 2.24) is 5.32 Å². The number of rotatable bonds is 6. The van der Waals surface area contributed by atoms with Gasteiger partial charge in [0.25, 0.3) is 0 Å². The van der Waals surface area contributed by atoms with E-state index in [0.29, 0.717) is 11.3 Å². The molecular weight excluding hydrogens is 292 g/mol. The number of thioether (sulfide) groups is 1. The lowest BCUT2D eigenvalue weighted by Crippen LogP contribution is -2.29. The highest BCUT2D eigenvalue weighted by Crippen LogP contribution is 2.23. The predicted octanol–water partition coefficient (Wildman–Crippen LogP) is 3.42. The van der Waals surface area contributed by atoms with Crippen molar-refractivity contribution in [3.05, 3.63) is 54.6 Å². The summed E-state index contributed by atoms with van der Waals surface area (Å²) in [6, 6.07) is 19.3. The van der Waals surface area contributed by atoms with Gasteiger partial charge < -0.3 is 10.6 Å². The van der Waals surface area contributed by atoms with E-state index in [1.54, 1.807) is 0 Å². The summed E-state index contributed by atoms with van der Waals surface area (Å²) in [5, 5.41) is 7.38. The molecule has 0 spiro atoms. The summed E-state index contributed by atoms with van der Waals surface area (Å²) in [5.74, 6) is 0. The van der Waals surface area contributed by atoms with Crippen molar-refractivity contribution in [2.24, 2.45) is 0 Å². The summed E-state index contributed by atoms with van der Waals surface area (Å²) in [4.78, 5) is 10.5. The average molecular weight is 312 g/mol. The Hall–Kier alpha value is -1.78. The third-order valence-corrected chi connectivity index (χ3v) is 4.81. The lowest BCUT2D eigenvalue weighted by molar-refractivity contribution is 0.569. The number of nitrogens with one attached hydrogen (secondary N) is 2. The van der Waals surface area contributed by atoms with E-state index >= 15 is 0 Å². The Morgan fingerprint density at radius 1 is 1.14 bits per heavy atom. The quantitative estimate of drug-likeness (QED) is 0.802. The SMILES string of the molecule is O=CSC1CN[C@H](CNc2cccc(-c3ccccc3)c2)C1. The van der Waals surface area contributed by atoms with Crippen LogP contribution in [0.4, 0.5) is 5.69 Å². The zero-order chi connectivity index (χ0) is 15.2. The van der Waals surface area contributed by atoms with Crippen LogP contribution in [-0.4, -0.2) is 30.0 Å². The van der Waals surface area contributed by atoms with Crippen LogP contribution in [0, 0.1) is 0 Å². The molecule has 114 valence electrons. The van der Waals surface area contributed by atoms with Crippen LogP contribution in [0.5, 0.6) is 0 Å². The lowest BCUT2D eigenvalue weighted by atomic mass is 10.1. The second-order valence-corrected chi connectivity index (χ2v) is 6.65. The highest BCUT2D eigenvalue weighted by atomic mass is 32.2. The van der Waals surface area contributed by atoms with Crippen molar-refractivity contribution in [2.75, 3.05) is 18.4 Å². The van der Waals surface area contributed by atoms with Gasteiger partial charge in [0.15, 0.2) is 5.62 Å². The first-order chi connectivity index (χ1) is 10.8. The van der Waals surface area contributed by atoms with E-state index < -0.39 is 0 Å². The molecule has 2 aromatic carbocycles. The molecule has 1 fully saturated rings. The maximum absolute atomic E-state index is 10.5. The van der Waals surface area contributed by atoms with Crippen LogP contribution in [-0.2, 0) is 4.79 Å². The topological polar surface area (TPSA) is 41.1 Å². The van der Waals surface area contributed by atoms with Crippen molar-refractivity contribution >= 4 is 23.1 Å². The Morgan fingerprint density at radius 3 is 2.77 bits per heavy atom. The molecule has 0 radical (unpaired) electrons. The van der Waals surface area contributed by atoms with Gasteiger partial charge in [-0.15, -0.1) is 0 Å². The Labute approximate surface area is 135 Å². The van der Waals surface area contributed by atoms with E-state index in [9.17, 15) is 4.79 Å². The van der Waals surface area contributed by atoms with Gasteiger partial charge >= 0.3 is 0 Å². The minimum atomic E-state index is 0.417. The number of benzene rings is 2.